The molecule has 0 bridgehead atoms. The second kappa shape index (κ2) is 6.23. The van der Waals surface area contributed by atoms with Gasteiger partial charge in [-0.2, -0.15) is 0 Å². The molecule has 1 unspecified atom stereocenters. The van der Waals surface area contributed by atoms with Crippen LogP contribution in [-0.4, -0.2) is 23.9 Å². The molecule has 24 heavy (non-hydrogen) atoms. The molecule has 4 rings (SSSR count). The molecule has 1 spiro atoms. The molecule has 4 heteroatoms. The van der Waals surface area contributed by atoms with Crippen LogP contribution in [0.5, 0.6) is 0 Å². The summed E-state index contributed by atoms with van der Waals surface area (Å²) < 4.78 is 0. The van der Waals surface area contributed by atoms with Gasteiger partial charge in [0.25, 0.3) is 0 Å². The molecular formula is C20H21ClN2O. The lowest BCUT2D eigenvalue weighted by Crippen LogP contribution is -2.42. The lowest BCUT2D eigenvalue weighted by Gasteiger charge is -2.26. The van der Waals surface area contributed by atoms with E-state index in [1.807, 2.05) is 24.3 Å². The Balaban J connectivity index is 1.56. The van der Waals surface area contributed by atoms with Crippen LogP contribution in [-0.2, 0) is 24.3 Å². The highest BCUT2D eigenvalue weighted by molar-refractivity contribution is 6.31. The van der Waals surface area contributed by atoms with Crippen molar-refractivity contribution in [2.24, 2.45) is 5.41 Å². The standard InChI is InChI=1S/C20H21ClN2O/c21-18-8-4-3-7-17(18)13-23-10-9-20(14-23)11-15-5-1-2-6-16(15)12-22-19(20)24/h1-8H,9-14H2,(H,22,24). The van der Waals surface area contributed by atoms with Gasteiger partial charge in [0.1, 0.15) is 0 Å². The summed E-state index contributed by atoms with van der Waals surface area (Å²) in [6, 6.07) is 16.3. The highest BCUT2D eigenvalue weighted by Crippen LogP contribution is 2.38. The third-order valence-corrected chi connectivity index (χ3v) is 5.72. The van der Waals surface area contributed by atoms with Gasteiger partial charge in [-0.25, -0.2) is 0 Å². The highest BCUT2D eigenvalue weighted by atomic mass is 35.5. The molecule has 2 aliphatic heterocycles. The van der Waals surface area contributed by atoms with Gasteiger partial charge in [-0.05, 0) is 42.1 Å². The molecular weight excluding hydrogens is 320 g/mol. The fourth-order valence-electron chi connectivity index (χ4n) is 4.00. The quantitative estimate of drug-likeness (QED) is 0.908. The van der Waals surface area contributed by atoms with Crippen LogP contribution in [0.3, 0.4) is 0 Å². The van der Waals surface area contributed by atoms with Gasteiger partial charge in [-0.3, -0.25) is 9.69 Å². The lowest BCUT2D eigenvalue weighted by molar-refractivity contribution is -0.130. The predicted molar refractivity (Wildman–Crippen MR) is 95.8 cm³/mol. The first-order valence-electron chi connectivity index (χ1n) is 8.47. The fourth-order valence-corrected chi connectivity index (χ4v) is 4.20. The van der Waals surface area contributed by atoms with Gasteiger partial charge in [-0.15, -0.1) is 0 Å². The molecule has 0 saturated carbocycles. The van der Waals surface area contributed by atoms with E-state index in [9.17, 15) is 4.79 Å². The van der Waals surface area contributed by atoms with E-state index in [0.717, 1.165) is 43.1 Å². The number of carbonyl (C=O) groups excluding carboxylic acids is 1. The Labute approximate surface area is 147 Å². The molecule has 0 aromatic heterocycles. The normalized spacial score (nSPS) is 23.8. The molecule has 0 aliphatic carbocycles. The topological polar surface area (TPSA) is 32.3 Å². The number of hydrogen-bond donors (Lipinski definition) is 1. The first kappa shape index (κ1) is 15.7. The number of hydrogen-bond acceptors (Lipinski definition) is 2. The highest BCUT2D eigenvalue weighted by Gasteiger charge is 2.45. The minimum atomic E-state index is -0.312. The Hall–Kier alpha value is -1.84. The lowest BCUT2D eigenvalue weighted by atomic mass is 9.80. The number of likely N-dealkylation sites (tertiary alicyclic amines) is 1. The molecule has 2 aromatic carbocycles. The summed E-state index contributed by atoms with van der Waals surface area (Å²) in [6.45, 7) is 3.16. The molecule has 2 aromatic rings. The zero-order chi connectivity index (χ0) is 16.6. The van der Waals surface area contributed by atoms with E-state index >= 15 is 0 Å². The molecule has 2 heterocycles. The van der Waals surface area contributed by atoms with E-state index in [0.29, 0.717) is 6.54 Å². The van der Waals surface area contributed by atoms with E-state index in [-0.39, 0.29) is 11.3 Å². The van der Waals surface area contributed by atoms with Crippen LogP contribution in [0.4, 0.5) is 0 Å². The average Bonchev–Trinajstić information content (AvgIpc) is 2.93. The summed E-state index contributed by atoms with van der Waals surface area (Å²) in [7, 11) is 0. The molecule has 3 nitrogen and oxygen atoms in total. The van der Waals surface area contributed by atoms with Crippen LogP contribution < -0.4 is 5.32 Å². The molecule has 2 aliphatic rings. The van der Waals surface area contributed by atoms with Crippen molar-refractivity contribution in [2.75, 3.05) is 13.1 Å². The maximum atomic E-state index is 12.8. The zero-order valence-corrected chi connectivity index (χ0v) is 14.4. The molecule has 1 N–H and O–H groups in total. The summed E-state index contributed by atoms with van der Waals surface area (Å²) in [5.74, 6) is 0.195. The summed E-state index contributed by atoms with van der Waals surface area (Å²) in [6.07, 6.45) is 1.73. The van der Waals surface area contributed by atoms with E-state index in [4.69, 9.17) is 11.6 Å². The largest absolute Gasteiger partial charge is 0.351 e. The smallest absolute Gasteiger partial charge is 0.228 e. The number of rotatable bonds is 2. The minimum Gasteiger partial charge on any atom is -0.351 e. The number of fused-ring (bicyclic) bond motifs is 1. The third kappa shape index (κ3) is 2.83. The maximum Gasteiger partial charge on any atom is 0.228 e. The van der Waals surface area contributed by atoms with Crippen LogP contribution in [0.15, 0.2) is 48.5 Å². The summed E-state index contributed by atoms with van der Waals surface area (Å²) in [5, 5.41) is 3.94. The monoisotopic (exact) mass is 340 g/mol. The van der Waals surface area contributed by atoms with Gasteiger partial charge in [0, 0.05) is 24.7 Å². The van der Waals surface area contributed by atoms with Gasteiger partial charge >= 0.3 is 0 Å². The maximum absolute atomic E-state index is 12.8. The van der Waals surface area contributed by atoms with Crippen molar-refractivity contribution in [3.05, 3.63) is 70.2 Å². The van der Waals surface area contributed by atoms with Crippen molar-refractivity contribution in [3.63, 3.8) is 0 Å². The predicted octanol–water partition coefficient (Wildman–Crippen LogP) is 3.40. The number of benzene rings is 2. The number of amides is 1. The van der Waals surface area contributed by atoms with Crippen molar-refractivity contribution < 1.29 is 4.79 Å². The Morgan fingerprint density at radius 1 is 1.08 bits per heavy atom. The molecule has 1 amide bonds. The van der Waals surface area contributed by atoms with E-state index in [1.54, 1.807) is 0 Å². The van der Waals surface area contributed by atoms with Gasteiger partial charge in [0.2, 0.25) is 5.91 Å². The van der Waals surface area contributed by atoms with E-state index in [1.165, 1.54) is 11.1 Å². The average molecular weight is 341 g/mol. The summed E-state index contributed by atoms with van der Waals surface area (Å²) in [4.78, 5) is 15.2. The Morgan fingerprint density at radius 3 is 2.67 bits per heavy atom. The zero-order valence-electron chi connectivity index (χ0n) is 13.6. The minimum absolute atomic E-state index is 0.195. The molecule has 1 atom stereocenters. The van der Waals surface area contributed by atoms with Gasteiger partial charge in [0.05, 0.1) is 5.41 Å². The number of carbonyl (C=O) groups is 1. The van der Waals surface area contributed by atoms with Crippen molar-refractivity contribution >= 4 is 17.5 Å². The first-order valence-corrected chi connectivity index (χ1v) is 8.85. The van der Waals surface area contributed by atoms with Crippen LogP contribution in [0.2, 0.25) is 5.02 Å². The molecule has 124 valence electrons. The van der Waals surface area contributed by atoms with Crippen LogP contribution in [0.1, 0.15) is 23.1 Å². The third-order valence-electron chi connectivity index (χ3n) is 5.35. The molecule has 1 fully saturated rings. The van der Waals surface area contributed by atoms with E-state index < -0.39 is 0 Å². The molecule has 1 saturated heterocycles. The first-order chi connectivity index (χ1) is 11.7. The molecule has 0 radical (unpaired) electrons. The Kier molecular flexibility index (Phi) is 4.07. The summed E-state index contributed by atoms with van der Waals surface area (Å²) in [5.41, 5.74) is 3.36. The van der Waals surface area contributed by atoms with Gasteiger partial charge in [-0.1, -0.05) is 54.1 Å². The van der Waals surface area contributed by atoms with Crippen molar-refractivity contribution in [1.82, 2.24) is 10.2 Å². The van der Waals surface area contributed by atoms with Crippen molar-refractivity contribution in [1.29, 1.82) is 0 Å². The van der Waals surface area contributed by atoms with Crippen molar-refractivity contribution in [2.45, 2.75) is 25.9 Å². The van der Waals surface area contributed by atoms with Crippen LogP contribution in [0.25, 0.3) is 0 Å². The van der Waals surface area contributed by atoms with Gasteiger partial charge in [0.15, 0.2) is 0 Å². The van der Waals surface area contributed by atoms with Crippen LogP contribution >= 0.6 is 11.6 Å². The number of nitrogens with one attached hydrogen (secondary N) is 1. The summed E-state index contributed by atoms with van der Waals surface area (Å²) >= 11 is 6.30. The number of nitrogens with zero attached hydrogens (tertiary/aromatic N) is 1. The van der Waals surface area contributed by atoms with Crippen LogP contribution in [0, 0.1) is 5.41 Å². The SMILES string of the molecule is O=C1NCc2ccccc2CC12CCN(Cc1ccccc1Cl)C2. The second-order valence-electron chi connectivity index (χ2n) is 6.96. The van der Waals surface area contributed by atoms with Crippen molar-refractivity contribution in [3.8, 4) is 0 Å². The fraction of sp³-hybridized carbons (Fsp3) is 0.350. The van der Waals surface area contributed by atoms with Gasteiger partial charge < -0.3 is 5.32 Å². The van der Waals surface area contributed by atoms with E-state index in [2.05, 4.69) is 34.5 Å². The number of halogens is 1. The second-order valence-corrected chi connectivity index (χ2v) is 7.37. The Bertz CT molecular complexity index is 776. The Morgan fingerprint density at radius 2 is 1.83 bits per heavy atom.